The number of carboxylic acid groups (broad SMARTS) is 1. The number of carboxylic acids is 1. The number of rotatable bonds is 5. The van der Waals surface area contributed by atoms with Crippen LogP contribution in [0.3, 0.4) is 0 Å². The summed E-state index contributed by atoms with van der Waals surface area (Å²) in [5.41, 5.74) is -1.000. The minimum absolute atomic E-state index is 0.257. The summed E-state index contributed by atoms with van der Waals surface area (Å²) in [6.07, 6.45) is 0. The first kappa shape index (κ1) is 13.3. The summed E-state index contributed by atoms with van der Waals surface area (Å²) in [6.45, 7) is 0.367. The van der Waals surface area contributed by atoms with Gasteiger partial charge in [-0.1, -0.05) is 0 Å². The van der Waals surface area contributed by atoms with Crippen molar-refractivity contribution < 1.29 is 31.8 Å². The van der Waals surface area contributed by atoms with Gasteiger partial charge < -0.3 is 9.84 Å². The van der Waals surface area contributed by atoms with Crippen LogP contribution < -0.4 is 0 Å². The number of carbonyl (C=O) groups is 1. The molecule has 0 saturated carbocycles. The number of aliphatic carboxylic acids is 1. The molecule has 9 heteroatoms. The molecule has 1 N–H and O–H groups in total. The smallest absolute Gasteiger partial charge is 0.350 e. The molecule has 16 heavy (non-hydrogen) atoms. The fourth-order valence-corrected chi connectivity index (χ4v) is 2.45. The van der Waals surface area contributed by atoms with E-state index in [1.54, 1.807) is 0 Å². The number of hydrogen-bond acceptors (Lipinski definition) is 4. The van der Waals surface area contributed by atoms with E-state index in [1.165, 1.54) is 6.92 Å². The Morgan fingerprint density at radius 3 is 2.44 bits per heavy atom. The Balaban J connectivity index is 2.51. The molecule has 0 atom stereocenters. The van der Waals surface area contributed by atoms with Crippen molar-refractivity contribution in [1.29, 1.82) is 0 Å². The number of alkyl halides is 2. The van der Waals surface area contributed by atoms with Gasteiger partial charge in [-0.3, -0.25) is 0 Å². The highest BCUT2D eigenvalue weighted by Gasteiger charge is 2.48. The molecule has 1 saturated heterocycles. The molecule has 0 aromatic heterocycles. The molecule has 0 aromatic rings. The maximum absolute atomic E-state index is 12.1. The highest BCUT2D eigenvalue weighted by atomic mass is 32.2. The van der Waals surface area contributed by atoms with E-state index in [-0.39, 0.29) is 13.1 Å². The van der Waals surface area contributed by atoms with Gasteiger partial charge in [0.2, 0.25) is 0 Å². The summed E-state index contributed by atoms with van der Waals surface area (Å²) in [7, 11) is -4.58. The lowest BCUT2D eigenvalue weighted by atomic mass is 10.0. The van der Waals surface area contributed by atoms with E-state index < -0.39 is 34.0 Å². The van der Waals surface area contributed by atoms with Gasteiger partial charge in [-0.25, -0.2) is 13.2 Å². The Kier molecular flexibility index (Phi) is 3.50. The topological polar surface area (TPSA) is 83.9 Å². The Labute approximate surface area is 90.8 Å². The molecule has 1 heterocycles. The first-order valence-electron chi connectivity index (χ1n) is 4.30. The molecule has 0 unspecified atom stereocenters. The van der Waals surface area contributed by atoms with Gasteiger partial charge in [0, 0.05) is 13.1 Å². The van der Waals surface area contributed by atoms with Gasteiger partial charge in [0.1, 0.15) is 6.61 Å². The monoisotopic (exact) mass is 259 g/mol. The lowest BCUT2D eigenvalue weighted by Gasteiger charge is -2.45. The SMILES string of the molecule is CC1(OCC(=O)O)CN(S(=O)(=O)C(F)F)C1. The Hall–Kier alpha value is -0.800. The fourth-order valence-electron chi connectivity index (χ4n) is 1.32. The van der Waals surface area contributed by atoms with Gasteiger partial charge in [-0.15, -0.1) is 0 Å². The predicted octanol–water partition coefficient (Wildman–Crippen LogP) is -0.286. The average Bonchev–Trinajstić information content (AvgIpc) is 2.09. The molecule has 0 radical (unpaired) electrons. The van der Waals surface area contributed by atoms with E-state index in [1.807, 2.05) is 0 Å². The van der Waals surface area contributed by atoms with Gasteiger partial charge in [-0.05, 0) is 6.92 Å². The van der Waals surface area contributed by atoms with Gasteiger partial charge in [0.25, 0.3) is 10.0 Å². The fraction of sp³-hybridized carbons (Fsp3) is 0.857. The molecule has 0 bridgehead atoms. The highest BCUT2D eigenvalue weighted by Crippen LogP contribution is 2.29. The van der Waals surface area contributed by atoms with Gasteiger partial charge in [-0.2, -0.15) is 13.1 Å². The second-order valence-electron chi connectivity index (χ2n) is 3.71. The largest absolute Gasteiger partial charge is 0.480 e. The van der Waals surface area contributed by atoms with Crippen molar-refractivity contribution in [2.24, 2.45) is 0 Å². The lowest BCUT2D eigenvalue weighted by Crippen LogP contribution is -2.64. The van der Waals surface area contributed by atoms with E-state index in [0.717, 1.165) is 0 Å². The van der Waals surface area contributed by atoms with Crippen molar-refractivity contribution in [3.63, 3.8) is 0 Å². The summed E-state index contributed by atoms with van der Waals surface area (Å²) in [4.78, 5) is 10.2. The Bertz CT molecular complexity index is 376. The number of sulfonamides is 1. The van der Waals surface area contributed by atoms with Crippen LogP contribution in [0.25, 0.3) is 0 Å². The Morgan fingerprint density at radius 2 is 2.06 bits per heavy atom. The van der Waals surface area contributed by atoms with Gasteiger partial charge in [0.05, 0.1) is 5.60 Å². The molecule has 0 aromatic carbocycles. The zero-order valence-corrected chi connectivity index (χ0v) is 9.21. The quantitative estimate of drug-likeness (QED) is 0.733. The van der Waals surface area contributed by atoms with E-state index >= 15 is 0 Å². The van der Waals surface area contributed by atoms with Gasteiger partial charge in [0.15, 0.2) is 0 Å². The first-order valence-corrected chi connectivity index (χ1v) is 5.80. The number of halogens is 2. The molecule has 6 nitrogen and oxygen atoms in total. The summed E-state index contributed by atoms with van der Waals surface area (Å²) >= 11 is 0. The van der Waals surface area contributed by atoms with E-state index in [2.05, 4.69) is 0 Å². The number of nitrogens with zero attached hydrogens (tertiary/aromatic N) is 1. The van der Waals surface area contributed by atoms with Crippen LogP contribution in [0.1, 0.15) is 6.92 Å². The molecule has 1 aliphatic rings. The van der Waals surface area contributed by atoms with Crippen molar-refractivity contribution in [2.75, 3.05) is 19.7 Å². The van der Waals surface area contributed by atoms with Crippen LogP contribution in [0.4, 0.5) is 8.78 Å². The van der Waals surface area contributed by atoms with Crippen molar-refractivity contribution >= 4 is 16.0 Å². The summed E-state index contributed by atoms with van der Waals surface area (Å²) < 4.78 is 51.5. The lowest BCUT2D eigenvalue weighted by molar-refractivity contribution is -0.157. The molecular weight excluding hydrogens is 248 g/mol. The van der Waals surface area contributed by atoms with E-state index in [9.17, 15) is 22.0 Å². The molecule has 0 spiro atoms. The number of ether oxygens (including phenoxy) is 1. The van der Waals surface area contributed by atoms with Gasteiger partial charge >= 0.3 is 11.7 Å². The zero-order valence-electron chi connectivity index (χ0n) is 8.39. The standard InChI is InChI=1S/C7H11F2NO5S/c1-7(15-2-5(11)12)3-10(4-7)16(13,14)6(8)9/h6H,2-4H2,1H3,(H,11,12). The minimum atomic E-state index is -4.58. The molecule has 0 aliphatic carbocycles. The molecule has 0 amide bonds. The average molecular weight is 259 g/mol. The van der Waals surface area contributed by atoms with Crippen LogP contribution in [0.5, 0.6) is 0 Å². The second-order valence-corrected chi connectivity index (χ2v) is 5.61. The van der Waals surface area contributed by atoms with Crippen molar-refractivity contribution in [3.8, 4) is 0 Å². The van der Waals surface area contributed by atoms with Crippen LogP contribution in [-0.2, 0) is 19.6 Å². The van der Waals surface area contributed by atoms with Crippen molar-refractivity contribution in [1.82, 2.24) is 4.31 Å². The second kappa shape index (κ2) is 4.22. The van der Waals surface area contributed by atoms with Crippen LogP contribution in [0.2, 0.25) is 0 Å². The van der Waals surface area contributed by atoms with Crippen molar-refractivity contribution in [2.45, 2.75) is 18.3 Å². The minimum Gasteiger partial charge on any atom is -0.480 e. The third kappa shape index (κ3) is 2.66. The molecule has 1 fully saturated rings. The van der Waals surface area contributed by atoms with Crippen LogP contribution >= 0.6 is 0 Å². The van der Waals surface area contributed by atoms with Crippen molar-refractivity contribution in [3.05, 3.63) is 0 Å². The predicted molar refractivity (Wildman–Crippen MR) is 48.5 cm³/mol. The normalized spacial score (nSPS) is 20.8. The zero-order chi connectivity index (χ0) is 12.6. The van der Waals surface area contributed by atoms with E-state index in [4.69, 9.17) is 9.84 Å². The third-order valence-corrected chi connectivity index (χ3v) is 3.58. The summed E-state index contributed by atoms with van der Waals surface area (Å²) in [6, 6.07) is 0. The maximum Gasteiger partial charge on any atom is 0.350 e. The summed E-state index contributed by atoms with van der Waals surface area (Å²) in [5.74, 6) is -4.66. The third-order valence-electron chi connectivity index (χ3n) is 2.15. The molecule has 1 rings (SSSR count). The summed E-state index contributed by atoms with van der Waals surface area (Å²) in [5, 5.41) is 8.33. The Morgan fingerprint density at radius 1 is 1.56 bits per heavy atom. The molecule has 94 valence electrons. The van der Waals surface area contributed by atoms with E-state index in [0.29, 0.717) is 4.31 Å². The number of hydrogen-bond donors (Lipinski definition) is 1. The van der Waals surface area contributed by atoms with Crippen LogP contribution in [0.15, 0.2) is 0 Å². The van der Waals surface area contributed by atoms with Crippen LogP contribution in [0, 0.1) is 0 Å². The first-order chi connectivity index (χ1) is 7.17. The molecule has 1 aliphatic heterocycles. The highest BCUT2D eigenvalue weighted by molar-refractivity contribution is 7.89. The maximum atomic E-state index is 12.1. The molecular formula is C7H11F2NO5S. The van der Waals surface area contributed by atoms with Crippen LogP contribution in [-0.4, -0.2) is 54.9 Å².